The quantitative estimate of drug-likeness (QED) is 0.852. The maximum absolute atomic E-state index is 13.7. The number of rotatable bonds is 2. The third kappa shape index (κ3) is 2.63. The molecular weight excluding hydrogens is 362 g/mol. The molecule has 2 atom stereocenters. The van der Waals surface area contributed by atoms with Gasteiger partial charge >= 0.3 is 0 Å². The lowest BCUT2D eigenvalue weighted by molar-refractivity contribution is -0.154. The molecule has 5 aliphatic rings. The first-order chi connectivity index (χ1) is 14.0. The van der Waals surface area contributed by atoms with Crippen molar-refractivity contribution in [2.75, 3.05) is 6.54 Å². The van der Waals surface area contributed by atoms with Gasteiger partial charge in [-0.25, -0.2) is 4.68 Å². The Bertz CT molecular complexity index is 964. The molecule has 0 radical (unpaired) electrons. The van der Waals surface area contributed by atoms with Gasteiger partial charge in [0.15, 0.2) is 0 Å². The van der Waals surface area contributed by atoms with Crippen molar-refractivity contribution < 1.29 is 9.90 Å². The molecule has 0 spiro atoms. The van der Waals surface area contributed by atoms with Crippen LogP contribution in [0.25, 0.3) is 5.69 Å². The summed E-state index contributed by atoms with van der Waals surface area (Å²) >= 11 is 0. The maximum Gasteiger partial charge on any atom is 0.257 e. The number of aliphatic hydroxyl groups is 1. The van der Waals surface area contributed by atoms with Gasteiger partial charge in [0.1, 0.15) is 0 Å². The molecule has 5 nitrogen and oxygen atoms in total. The van der Waals surface area contributed by atoms with Gasteiger partial charge < -0.3 is 10.0 Å². The Kier molecular flexibility index (Phi) is 3.77. The minimum Gasteiger partial charge on any atom is -0.390 e. The summed E-state index contributed by atoms with van der Waals surface area (Å²) in [6.07, 6.45) is 8.74. The van der Waals surface area contributed by atoms with E-state index >= 15 is 0 Å². The second kappa shape index (κ2) is 6.18. The standard InChI is InChI=1S/C24H29N3O2/c1-15-5-2-3-6-20(15)27-21-7-4-8-26(23(28)19(21)14-25-27)22-17-9-16-10-18(22)13-24(29,11-16)12-17/h2-3,5-6,14,16-18,22,29H,4,7-13H2,1H3. The minimum absolute atomic E-state index is 0.154. The van der Waals surface area contributed by atoms with Crippen molar-refractivity contribution in [1.82, 2.24) is 14.7 Å². The summed E-state index contributed by atoms with van der Waals surface area (Å²) in [7, 11) is 0. The number of hydrogen-bond acceptors (Lipinski definition) is 3. The zero-order valence-corrected chi connectivity index (χ0v) is 17.1. The summed E-state index contributed by atoms with van der Waals surface area (Å²) < 4.78 is 1.98. The zero-order chi connectivity index (χ0) is 19.8. The number of amides is 1. The van der Waals surface area contributed by atoms with Crippen LogP contribution in [-0.2, 0) is 6.42 Å². The van der Waals surface area contributed by atoms with E-state index < -0.39 is 5.60 Å². The van der Waals surface area contributed by atoms with Gasteiger partial charge in [0, 0.05) is 12.6 Å². The zero-order valence-electron chi connectivity index (χ0n) is 17.1. The van der Waals surface area contributed by atoms with E-state index in [1.54, 1.807) is 6.20 Å². The average Bonchev–Trinajstić information content (AvgIpc) is 3.01. The highest BCUT2D eigenvalue weighted by molar-refractivity contribution is 5.96. The average molecular weight is 392 g/mol. The van der Waals surface area contributed by atoms with E-state index in [1.807, 2.05) is 16.8 Å². The molecule has 4 bridgehead atoms. The van der Waals surface area contributed by atoms with Crippen LogP contribution in [0.4, 0.5) is 0 Å². The number of aryl methyl sites for hydroxylation is 1. The number of aromatic nitrogens is 2. The lowest BCUT2D eigenvalue weighted by Gasteiger charge is -2.60. The van der Waals surface area contributed by atoms with E-state index in [0.29, 0.717) is 23.8 Å². The van der Waals surface area contributed by atoms with Gasteiger partial charge in [0.05, 0.1) is 28.7 Å². The number of carbonyl (C=O) groups excluding carboxylic acids is 1. The molecule has 29 heavy (non-hydrogen) atoms. The van der Waals surface area contributed by atoms with Crippen molar-refractivity contribution in [3.8, 4) is 5.69 Å². The third-order valence-electron chi connectivity index (χ3n) is 8.07. The number of carbonyl (C=O) groups is 1. The molecule has 1 N–H and O–H groups in total. The number of nitrogens with zero attached hydrogens (tertiary/aromatic N) is 3. The van der Waals surface area contributed by atoms with E-state index in [4.69, 9.17) is 0 Å². The van der Waals surface area contributed by atoms with Gasteiger partial charge in [0.25, 0.3) is 5.91 Å². The number of fused-ring (bicyclic) bond motifs is 1. The Morgan fingerprint density at radius 2 is 1.90 bits per heavy atom. The van der Waals surface area contributed by atoms with Crippen LogP contribution in [0.1, 0.15) is 60.1 Å². The Morgan fingerprint density at radius 1 is 1.14 bits per heavy atom. The molecule has 1 aliphatic heterocycles. The topological polar surface area (TPSA) is 58.4 Å². The maximum atomic E-state index is 13.7. The van der Waals surface area contributed by atoms with Gasteiger partial charge in [-0.15, -0.1) is 0 Å². The fourth-order valence-corrected chi connectivity index (χ4v) is 7.22. The van der Waals surface area contributed by atoms with Gasteiger partial charge in [-0.3, -0.25) is 4.79 Å². The summed E-state index contributed by atoms with van der Waals surface area (Å²) in [6.45, 7) is 2.91. The molecule has 4 aliphatic carbocycles. The molecule has 2 aromatic rings. The predicted molar refractivity (Wildman–Crippen MR) is 110 cm³/mol. The van der Waals surface area contributed by atoms with Crippen LogP contribution >= 0.6 is 0 Å². The van der Waals surface area contributed by atoms with E-state index in [1.165, 1.54) is 18.4 Å². The molecule has 7 rings (SSSR count). The van der Waals surface area contributed by atoms with Crippen LogP contribution in [0.2, 0.25) is 0 Å². The largest absolute Gasteiger partial charge is 0.390 e. The number of para-hydroxylation sites is 1. The molecule has 2 unspecified atom stereocenters. The van der Waals surface area contributed by atoms with Gasteiger partial charge in [0.2, 0.25) is 0 Å². The molecule has 5 heteroatoms. The van der Waals surface area contributed by atoms with Crippen molar-refractivity contribution >= 4 is 5.91 Å². The fourth-order valence-electron chi connectivity index (χ4n) is 7.22. The summed E-state index contributed by atoms with van der Waals surface area (Å²) in [5, 5.41) is 15.6. The number of hydrogen-bond donors (Lipinski definition) is 1. The van der Waals surface area contributed by atoms with Crippen LogP contribution < -0.4 is 0 Å². The molecule has 1 amide bonds. The predicted octanol–water partition coefficient (Wildman–Crippen LogP) is 3.51. The molecule has 1 aromatic heterocycles. The molecular formula is C24H29N3O2. The second-order valence-electron chi connectivity index (χ2n) is 9.99. The smallest absolute Gasteiger partial charge is 0.257 e. The van der Waals surface area contributed by atoms with Crippen molar-refractivity contribution in [3.05, 3.63) is 47.3 Å². The molecule has 4 saturated carbocycles. The Hall–Kier alpha value is -2.14. The first-order valence-corrected chi connectivity index (χ1v) is 11.2. The van der Waals surface area contributed by atoms with Crippen LogP contribution in [-0.4, -0.2) is 43.9 Å². The molecule has 0 saturated heterocycles. The van der Waals surface area contributed by atoms with E-state index in [-0.39, 0.29) is 5.91 Å². The summed E-state index contributed by atoms with van der Waals surface area (Å²) in [5.41, 5.74) is 3.60. The first kappa shape index (κ1) is 17.7. The van der Waals surface area contributed by atoms with Crippen LogP contribution in [0.5, 0.6) is 0 Å². The summed E-state index contributed by atoms with van der Waals surface area (Å²) in [6, 6.07) is 8.53. The highest BCUT2D eigenvalue weighted by atomic mass is 16.3. The van der Waals surface area contributed by atoms with Gasteiger partial charge in [-0.1, -0.05) is 18.2 Å². The van der Waals surface area contributed by atoms with Crippen LogP contribution in [0, 0.1) is 24.7 Å². The van der Waals surface area contributed by atoms with E-state index in [2.05, 4.69) is 29.1 Å². The number of benzene rings is 1. The first-order valence-electron chi connectivity index (χ1n) is 11.2. The highest BCUT2D eigenvalue weighted by Crippen LogP contribution is 2.57. The fraction of sp³-hybridized carbons (Fsp3) is 0.583. The molecule has 4 fully saturated rings. The lowest BCUT2D eigenvalue weighted by atomic mass is 9.52. The monoisotopic (exact) mass is 391 g/mol. The summed E-state index contributed by atoms with van der Waals surface area (Å²) in [4.78, 5) is 15.9. The van der Waals surface area contributed by atoms with Gasteiger partial charge in [-0.2, -0.15) is 5.10 Å². The normalized spacial score (nSPS) is 35.7. The lowest BCUT2D eigenvalue weighted by Crippen LogP contribution is -2.62. The second-order valence-corrected chi connectivity index (χ2v) is 9.99. The Labute approximate surface area is 171 Å². The Morgan fingerprint density at radius 3 is 2.62 bits per heavy atom. The van der Waals surface area contributed by atoms with E-state index in [0.717, 1.165) is 55.6 Å². The van der Waals surface area contributed by atoms with Crippen molar-refractivity contribution in [3.63, 3.8) is 0 Å². The van der Waals surface area contributed by atoms with Crippen molar-refractivity contribution in [1.29, 1.82) is 0 Å². The Balaban J connectivity index is 1.35. The SMILES string of the molecule is Cc1ccccc1-n1ncc2c1CCCN(C1C3CC4CC1CC(O)(C4)C3)C2=O. The summed E-state index contributed by atoms with van der Waals surface area (Å²) in [5.74, 6) is 1.74. The minimum atomic E-state index is -0.456. The molecule has 152 valence electrons. The van der Waals surface area contributed by atoms with Crippen LogP contribution in [0.15, 0.2) is 30.5 Å². The van der Waals surface area contributed by atoms with Crippen molar-refractivity contribution in [2.24, 2.45) is 17.8 Å². The molecule has 2 heterocycles. The van der Waals surface area contributed by atoms with Gasteiger partial charge in [-0.05, 0) is 81.3 Å². The van der Waals surface area contributed by atoms with Crippen molar-refractivity contribution in [2.45, 2.75) is 63.5 Å². The third-order valence-corrected chi connectivity index (χ3v) is 8.07. The van der Waals surface area contributed by atoms with E-state index in [9.17, 15) is 9.90 Å². The van der Waals surface area contributed by atoms with Crippen LogP contribution in [0.3, 0.4) is 0 Å². The highest BCUT2D eigenvalue weighted by Gasteiger charge is 2.56. The molecule has 1 aromatic carbocycles.